The van der Waals surface area contributed by atoms with Gasteiger partial charge in [-0.1, -0.05) is 29.8 Å². The van der Waals surface area contributed by atoms with Gasteiger partial charge in [0.2, 0.25) is 0 Å². The fourth-order valence-electron chi connectivity index (χ4n) is 2.18. The highest BCUT2D eigenvalue weighted by atomic mass is 35.5. The Kier molecular flexibility index (Phi) is 4.53. The number of methoxy groups -OCH3 is 1. The van der Waals surface area contributed by atoms with Crippen molar-refractivity contribution in [2.75, 3.05) is 7.11 Å². The molecule has 0 fully saturated rings. The van der Waals surface area contributed by atoms with Gasteiger partial charge in [-0.2, -0.15) is 0 Å². The zero-order chi connectivity index (χ0) is 14.7. The number of ether oxygens (including phenoxy) is 1. The molecule has 0 saturated heterocycles. The van der Waals surface area contributed by atoms with Crippen molar-refractivity contribution in [1.82, 2.24) is 0 Å². The summed E-state index contributed by atoms with van der Waals surface area (Å²) in [5, 5.41) is 0.475. The van der Waals surface area contributed by atoms with Crippen LogP contribution in [0.3, 0.4) is 0 Å². The highest BCUT2D eigenvalue weighted by Crippen LogP contribution is 2.31. The average Bonchev–Trinajstić information content (AvgIpc) is 2.41. The van der Waals surface area contributed by atoms with Crippen LogP contribution in [0.5, 0.6) is 0 Å². The van der Waals surface area contributed by atoms with Crippen molar-refractivity contribution in [2.24, 2.45) is 0 Å². The standard InChI is InChI=1S/C16H14ClFO2/c1-10(19)12-8-7-11(17)9-14(12)16(20-2)13-5-3-4-6-15(13)18/h3-9,16H,1-2H3. The smallest absolute Gasteiger partial charge is 0.160 e. The van der Waals surface area contributed by atoms with Gasteiger partial charge in [-0.05, 0) is 36.8 Å². The zero-order valence-corrected chi connectivity index (χ0v) is 11.9. The van der Waals surface area contributed by atoms with Crippen LogP contribution in [0.4, 0.5) is 4.39 Å². The van der Waals surface area contributed by atoms with Crippen LogP contribution in [0.1, 0.15) is 34.5 Å². The predicted molar refractivity (Wildman–Crippen MR) is 76.7 cm³/mol. The number of benzene rings is 2. The maximum absolute atomic E-state index is 13.9. The molecule has 0 radical (unpaired) electrons. The normalized spacial score (nSPS) is 12.2. The molecular formula is C16H14ClFO2. The first-order valence-corrected chi connectivity index (χ1v) is 6.50. The number of hydrogen-bond donors (Lipinski definition) is 0. The second kappa shape index (κ2) is 6.16. The van der Waals surface area contributed by atoms with E-state index < -0.39 is 6.10 Å². The molecule has 0 N–H and O–H groups in total. The Morgan fingerprint density at radius 2 is 1.90 bits per heavy atom. The van der Waals surface area contributed by atoms with Crippen molar-refractivity contribution in [2.45, 2.75) is 13.0 Å². The van der Waals surface area contributed by atoms with E-state index in [1.54, 1.807) is 36.4 Å². The van der Waals surface area contributed by atoms with E-state index in [0.29, 0.717) is 21.7 Å². The first-order chi connectivity index (χ1) is 9.54. The Morgan fingerprint density at radius 3 is 2.50 bits per heavy atom. The number of ketones is 1. The molecule has 0 aliphatic rings. The van der Waals surface area contributed by atoms with Crippen molar-refractivity contribution in [3.8, 4) is 0 Å². The van der Waals surface area contributed by atoms with Crippen LogP contribution in [0.15, 0.2) is 42.5 Å². The lowest BCUT2D eigenvalue weighted by atomic mass is 9.94. The summed E-state index contributed by atoms with van der Waals surface area (Å²) >= 11 is 5.99. The molecule has 1 atom stereocenters. The SMILES string of the molecule is COC(c1ccccc1F)c1cc(Cl)ccc1C(C)=O. The molecule has 104 valence electrons. The number of carbonyl (C=O) groups is 1. The quantitative estimate of drug-likeness (QED) is 0.780. The number of Topliss-reactive ketones (excluding diaryl/α,β-unsaturated/α-hetero) is 1. The van der Waals surface area contributed by atoms with Crippen LogP contribution >= 0.6 is 11.6 Å². The van der Waals surface area contributed by atoms with E-state index in [2.05, 4.69) is 0 Å². The molecule has 1 unspecified atom stereocenters. The van der Waals surface area contributed by atoms with Crippen LogP contribution in [-0.2, 0) is 4.74 Å². The highest BCUT2D eigenvalue weighted by Gasteiger charge is 2.22. The molecule has 0 saturated carbocycles. The fourth-order valence-corrected chi connectivity index (χ4v) is 2.36. The number of rotatable bonds is 4. The van der Waals surface area contributed by atoms with Gasteiger partial charge in [-0.15, -0.1) is 0 Å². The minimum atomic E-state index is -0.672. The van der Waals surface area contributed by atoms with Gasteiger partial charge in [0.05, 0.1) is 0 Å². The number of hydrogen-bond acceptors (Lipinski definition) is 2. The molecule has 0 heterocycles. The largest absolute Gasteiger partial charge is 0.372 e. The molecule has 0 aromatic heterocycles. The number of carbonyl (C=O) groups excluding carboxylic acids is 1. The first-order valence-electron chi connectivity index (χ1n) is 6.12. The van der Waals surface area contributed by atoms with Crippen LogP contribution in [-0.4, -0.2) is 12.9 Å². The third-order valence-corrected chi connectivity index (χ3v) is 3.33. The maximum Gasteiger partial charge on any atom is 0.160 e. The van der Waals surface area contributed by atoms with Gasteiger partial charge in [0.25, 0.3) is 0 Å². The third-order valence-electron chi connectivity index (χ3n) is 3.10. The lowest BCUT2D eigenvalue weighted by Crippen LogP contribution is -2.10. The third kappa shape index (κ3) is 2.89. The molecular weight excluding hydrogens is 279 g/mol. The molecule has 2 aromatic rings. The van der Waals surface area contributed by atoms with Crippen molar-refractivity contribution in [1.29, 1.82) is 0 Å². The van der Waals surface area contributed by atoms with Crippen molar-refractivity contribution in [3.63, 3.8) is 0 Å². The minimum absolute atomic E-state index is 0.116. The van der Waals surface area contributed by atoms with Gasteiger partial charge in [0, 0.05) is 23.3 Å². The molecule has 0 amide bonds. The molecule has 2 nitrogen and oxygen atoms in total. The zero-order valence-electron chi connectivity index (χ0n) is 11.2. The summed E-state index contributed by atoms with van der Waals surface area (Å²) in [7, 11) is 1.47. The van der Waals surface area contributed by atoms with E-state index in [0.717, 1.165) is 0 Å². The summed E-state index contributed by atoms with van der Waals surface area (Å²) in [6, 6.07) is 11.2. The van der Waals surface area contributed by atoms with Crippen LogP contribution < -0.4 is 0 Å². The molecule has 4 heteroatoms. The molecule has 2 aromatic carbocycles. The Balaban J connectivity index is 2.60. The molecule has 0 bridgehead atoms. The van der Waals surface area contributed by atoms with Gasteiger partial charge in [-0.3, -0.25) is 4.79 Å². The summed E-state index contributed by atoms with van der Waals surface area (Å²) in [6.45, 7) is 1.46. The Bertz CT molecular complexity index is 640. The van der Waals surface area contributed by atoms with Crippen molar-refractivity contribution < 1.29 is 13.9 Å². The van der Waals surface area contributed by atoms with Crippen LogP contribution in [0.25, 0.3) is 0 Å². The van der Waals surface area contributed by atoms with Gasteiger partial charge in [0.1, 0.15) is 11.9 Å². The van der Waals surface area contributed by atoms with Crippen molar-refractivity contribution in [3.05, 3.63) is 70.0 Å². The molecule has 2 rings (SSSR count). The summed E-state index contributed by atoms with van der Waals surface area (Å²) in [5.74, 6) is -0.496. The van der Waals surface area contributed by atoms with E-state index in [9.17, 15) is 9.18 Å². The molecule has 0 spiro atoms. The molecule has 20 heavy (non-hydrogen) atoms. The average molecular weight is 293 g/mol. The fraction of sp³-hybridized carbons (Fsp3) is 0.188. The summed E-state index contributed by atoms with van der Waals surface area (Å²) < 4.78 is 19.3. The van der Waals surface area contributed by atoms with Gasteiger partial charge >= 0.3 is 0 Å². The lowest BCUT2D eigenvalue weighted by molar-refractivity contribution is 0.0999. The number of halogens is 2. The second-order valence-electron chi connectivity index (χ2n) is 4.43. The summed E-state index contributed by atoms with van der Waals surface area (Å²) in [6.07, 6.45) is -0.672. The first kappa shape index (κ1) is 14.7. The molecule has 0 aliphatic heterocycles. The maximum atomic E-state index is 13.9. The van der Waals surface area contributed by atoms with Gasteiger partial charge in [-0.25, -0.2) is 4.39 Å². The topological polar surface area (TPSA) is 26.3 Å². The lowest BCUT2D eigenvalue weighted by Gasteiger charge is -2.19. The van der Waals surface area contributed by atoms with Crippen molar-refractivity contribution >= 4 is 17.4 Å². The summed E-state index contributed by atoms with van der Waals surface area (Å²) in [5.41, 5.74) is 1.42. The highest BCUT2D eigenvalue weighted by molar-refractivity contribution is 6.30. The van der Waals surface area contributed by atoms with Crippen LogP contribution in [0.2, 0.25) is 5.02 Å². The van der Waals surface area contributed by atoms with E-state index in [1.165, 1.54) is 20.1 Å². The van der Waals surface area contributed by atoms with Gasteiger partial charge < -0.3 is 4.74 Å². The van der Waals surface area contributed by atoms with E-state index in [4.69, 9.17) is 16.3 Å². The monoisotopic (exact) mass is 292 g/mol. The predicted octanol–water partition coefficient (Wildman–Crippen LogP) is 4.42. The second-order valence-corrected chi connectivity index (χ2v) is 4.86. The Morgan fingerprint density at radius 1 is 1.20 bits per heavy atom. The van der Waals surface area contributed by atoms with E-state index in [1.807, 2.05) is 0 Å². The van der Waals surface area contributed by atoms with E-state index in [-0.39, 0.29) is 11.6 Å². The molecule has 0 aliphatic carbocycles. The Hall–Kier alpha value is -1.71. The van der Waals surface area contributed by atoms with Gasteiger partial charge in [0.15, 0.2) is 5.78 Å². The minimum Gasteiger partial charge on any atom is -0.372 e. The summed E-state index contributed by atoms with van der Waals surface area (Å²) in [4.78, 5) is 11.7. The van der Waals surface area contributed by atoms with E-state index >= 15 is 0 Å². The van der Waals surface area contributed by atoms with Crippen LogP contribution in [0, 0.1) is 5.82 Å². The Labute approximate surface area is 122 Å².